The lowest BCUT2D eigenvalue weighted by molar-refractivity contribution is -0.199. The number of hydrogen-bond acceptors (Lipinski definition) is 2. The molecule has 4 fully saturated rings. The van der Waals surface area contributed by atoms with Gasteiger partial charge in [0, 0.05) is 4.33 Å². The lowest BCUT2D eigenvalue weighted by Gasteiger charge is -2.64. The van der Waals surface area contributed by atoms with Gasteiger partial charge in [-0.3, -0.25) is 0 Å². The van der Waals surface area contributed by atoms with E-state index in [-0.39, 0.29) is 12.7 Å². The van der Waals surface area contributed by atoms with Crippen molar-refractivity contribution < 1.29 is 9.31 Å². The molecule has 3 saturated carbocycles. The first-order valence-electron chi connectivity index (χ1n) is 5.87. The van der Waals surface area contributed by atoms with Crippen LogP contribution in [0.4, 0.5) is 0 Å². The third kappa shape index (κ3) is 1.24. The average molecular weight is 320 g/mol. The molecule has 4 aliphatic rings. The molecule has 4 rings (SSSR count). The van der Waals surface area contributed by atoms with E-state index in [9.17, 15) is 0 Å². The van der Waals surface area contributed by atoms with Gasteiger partial charge in [-0.2, -0.15) is 0 Å². The van der Waals surface area contributed by atoms with Gasteiger partial charge >= 0.3 is 7.12 Å². The molecule has 2 bridgehead atoms. The number of alkyl halides is 1. The minimum atomic E-state index is -0.00586. The highest BCUT2D eigenvalue weighted by atomic mass is 127. The standard InChI is InChI=1S/C11H18BIO2/c1-10(2)7-4-8(10)11(3)9(5-7)14-12(6-13)15-11/h7-9H,4-6H2,1-3H3/t7-,8-,9+,11-/m0/s1. The van der Waals surface area contributed by atoms with Crippen LogP contribution >= 0.6 is 22.6 Å². The van der Waals surface area contributed by atoms with Crippen LogP contribution in [0.2, 0.25) is 0 Å². The highest BCUT2D eigenvalue weighted by molar-refractivity contribution is 14.1. The summed E-state index contributed by atoms with van der Waals surface area (Å²) in [4.78, 5) is 0. The van der Waals surface area contributed by atoms with Crippen LogP contribution in [-0.2, 0) is 9.31 Å². The molecule has 0 unspecified atom stereocenters. The Hall–Kier alpha value is 0.715. The summed E-state index contributed by atoms with van der Waals surface area (Å²) in [6.07, 6.45) is 2.90. The van der Waals surface area contributed by atoms with Gasteiger partial charge in [0.2, 0.25) is 0 Å². The van der Waals surface area contributed by atoms with Gasteiger partial charge < -0.3 is 9.31 Å². The van der Waals surface area contributed by atoms with Gasteiger partial charge in [-0.25, -0.2) is 0 Å². The van der Waals surface area contributed by atoms with Crippen molar-refractivity contribution >= 4 is 29.7 Å². The zero-order chi connectivity index (χ0) is 10.8. The van der Waals surface area contributed by atoms with Crippen LogP contribution in [0.15, 0.2) is 0 Å². The quantitative estimate of drug-likeness (QED) is 0.420. The summed E-state index contributed by atoms with van der Waals surface area (Å²) in [5, 5.41) is 0. The zero-order valence-electron chi connectivity index (χ0n) is 9.63. The van der Waals surface area contributed by atoms with Gasteiger partial charge in [0.05, 0.1) is 11.7 Å². The van der Waals surface area contributed by atoms with Crippen LogP contribution in [0.3, 0.4) is 0 Å². The van der Waals surface area contributed by atoms with Gasteiger partial charge in [-0.15, -0.1) is 0 Å². The molecule has 15 heavy (non-hydrogen) atoms. The maximum absolute atomic E-state index is 6.16. The van der Waals surface area contributed by atoms with Crippen LogP contribution in [0.25, 0.3) is 0 Å². The van der Waals surface area contributed by atoms with Crippen molar-refractivity contribution in [3.63, 3.8) is 0 Å². The van der Waals surface area contributed by atoms with Crippen LogP contribution in [0.1, 0.15) is 33.6 Å². The van der Waals surface area contributed by atoms with E-state index in [0.29, 0.717) is 17.4 Å². The summed E-state index contributed by atoms with van der Waals surface area (Å²) >= 11 is 2.35. The molecular weight excluding hydrogens is 302 g/mol. The molecule has 0 amide bonds. The van der Waals surface area contributed by atoms with Crippen molar-refractivity contribution in [2.75, 3.05) is 4.33 Å². The molecule has 0 spiro atoms. The third-order valence-corrected chi connectivity index (χ3v) is 5.85. The first kappa shape index (κ1) is 10.8. The van der Waals surface area contributed by atoms with Gasteiger partial charge in [-0.1, -0.05) is 36.4 Å². The fourth-order valence-electron chi connectivity index (χ4n) is 4.02. The average Bonchev–Trinajstić information content (AvgIpc) is 2.53. The Morgan fingerprint density at radius 2 is 2.07 bits per heavy atom. The molecule has 0 N–H and O–H groups in total. The molecule has 84 valence electrons. The van der Waals surface area contributed by atoms with Gasteiger partial charge in [-0.05, 0) is 37.0 Å². The summed E-state index contributed by atoms with van der Waals surface area (Å²) in [7, 11) is 0.0377. The summed E-state index contributed by atoms with van der Waals surface area (Å²) in [5.41, 5.74) is 0.461. The molecule has 1 saturated heterocycles. The maximum Gasteiger partial charge on any atom is 0.468 e. The first-order valence-corrected chi connectivity index (χ1v) is 7.40. The molecule has 0 radical (unpaired) electrons. The van der Waals surface area contributed by atoms with Crippen molar-refractivity contribution in [1.29, 1.82) is 0 Å². The lowest BCUT2D eigenvalue weighted by Crippen LogP contribution is -2.65. The molecule has 2 nitrogen and oxygen atoms in total. The topological polar surface area (TPSA) is 18.5 Å². The minimum Gasteiger partial charge on any atom is -0.405 e. The highest BCUT2D eigenvalue weighted by Gasteiger charge is 2.67. The largest absolute Gasteiger partial charge is 0.468 e. The van der Waals surface area contributed by atoms with E-state index in [4.69, 9.17) is 9.31 Å². The van der Waals surface area contributed by atoms with Crippen LogP contribution in [-0.4, -0.2) is 23.2 Å². The second kappa shape index (κ2) is 3.13. The highest BCUT2D eigenvalue weighted by Crippen LogP contribution is 2.65. The Morgan fingerprint density at radius 3 is 2.67 bits per heavy atom. The van der Waals surface area contributed by atoms with Crippen LogP contribution < -0.4 is 0 Å². The lowest BCUT2D eigenvalue weighted by atomic mass is 9.43. The third-order valence-electron chi connectivity index (χ3n) is 5.13. The van der Waals surface area contributed by atoms with Crippen molar-refractivity contribution in [2.24, 2.45) is 17.3 Å². The van der Waals surface area contributed by atoms with E-state index in [1.165, 1.54) is 12.8 Å². The molecular formula is C11H18BIO2. The number of hydrogen-bond donors (Lipinski definition) is 0. The van der Waals surface area contributed by atoms with Gasteiger partial charge in [0.15, 0.2) is 0 Å². The summed E-state index contributed by atoms with van der Waals surface area (Å²) < 4.78 is 13.1. The number of halogens is 1. The Balaban J connectivity index is 1.89. The van der Waals surface area contributed by atoms with Gasteiger partial charge in [0.1, 0.15) is 0 Å². The molecule has 0 aromatic rings. The summed E-state index contributed by atoms with van der Waals surface area (Å²) in [6.45, 7) is 7.06. The van der Waals surface area contributed by atoms with Crippen molar-refractivity contribution in [3.05, 3.63) is 0 Å². The van der Waals surface area contributed by atoms with Crippen LogP contribution in [0, 0.1) is 17.3 Å². The second-order valence-corrected chi connectivity index (χ2v) is 6.93. The molecule has 0 aromatic carbocycles. The minimum absolute atomic E-state index is 0.00586. The Morgan fingerprint density at radius 1 is 1.33 bits per heavy atom. The van der Waals surface area contributed by atoms with Crippen molar-refractivity contribution in [1.82, 2.24) is 0 Å². The predicted molar refractivity (Wildman–Crippen MR) is 69.0 cm³/mol. The monoisotopic (exact) mass is 320 g/mol. The van der Waals surface area contributed by atoms with Crippen molar-refractivity contribution in [3.8, 4) is 0 Å². The fourth-order valence-corrected chi connectivity index (χ4v) is 4.40. The second-order valence-electron chi connectivity index (χ2n) is 6.05. The Kier molecular flexibility index (Phi) is 2.27. The van der Waals surface area contributed by atoms with Crippen LogP contribution in [0.5, 0.6) is 0 Å². The molecule has 1 heterocycles. The van der Waals surface area contributed by atoms with Crippen molar-refractivity contribution in [2.45, 2.75) is 45.3 Å². The normalized spacial score (nSPS) is 51.2. The van der Waals surface area contributed by atoms with E-state index < -0.39 is 0 Å². The SMILES string of the molecule is CC1(C)[C@@H]2C[C@H]3OB(CI)O[C@@]3(C)[C@H]1C2. The smallest absolute Gasteiger partial charge is 0.405 e. The summed E-state index contributed by atoms with van der Waals surface area (Å²) in [6, 6.07) is 0. The zero-order valence-corrected chi connectivity index (χ0v) is 11.8. The molecule has 3 aliphatic carbocycles. The number of rotatable bonds is 1. The Bertz CT molecular complexity index is 296. The molecule has 4 atom stereocenters. The fraction of sp³-hybridized carbons (Fsp3) is 1.00. The van der Waals surface area contributed by atoms with E-state index in [2.05, 4.69) is 43.4 Å². The molecule has 0 aromatic heterocycles. The van der Waals surface area contributed by atoms with Gasteiger partial charge in [0.25, 0.3) is 0 Å². The first-order chi connectivity index (χ1) is 6.98. The summed E-state index contributed by atoms with van der Waals surface area (Å²) in [5.74, 6) is 1.55. The maximum atomic E-state index is 6.16. The molecule has 4 heteroatoms. The molecule has 1 aliphatic heterocycles. The van der Waals surface area contributed by atoms with E-state index in [1.54, 1.807) is 0 Å². The van der Waals surface area contributed by atoms with E-state index in [0.717, 1.165) is 10.2 Å². The van der Waals surface area contributed by atoms with E-state index in [1.807, 2.05) is 0 Å². The van der Waals surface area contributed by atoms with E-state index >= 15 is 0 Å². The predicted octanol–water partition coefficient (Wildman–Crippen LogP) is 2.69. The Labute approximate surface area is 106 Å².